The van der Waals surface area contributed by atoms with E-state index >= 15 is 4.39 Å². The minimum Gasteiger partial charge on any atom is -0.493 e. The van der Waals surface area contributed by atoms with E-state index in [-0.39, 0.29) is 23.2 Å². The topological polar surface area (TPSA) is 93.3 Å². The van der Waals surface area contributed by atoms with Crippen molar-refractivity contribution in [2.45, 2.75) is 38.3 Å². The summed E-state index contributed by atoms with van der Waals surface area (Å²) in [7, 11) is 1.33. The molecule has 0 radical (unpaired) electrons. The number of methoxy groups -OCH3 is 1. The van der Waals surface area contributed by atoms with Gasteiger partial charge in [-0.1, -0.05) is 0 Å². The third kappa shape index (κ3) is 2.35. The molecule has 1 unspecified atom stereocenters. The number of aromatic amines is 1. The standard InChI is InChI=1S/C17H21FN4O3/c1-8-13-11(16(23)20-17(24)22(13)10-3-4-10)15(25-2)12(18)14(8)21-6-5-9(19)7-21/h9-10H,3-7,19H2,1-2H3,(H,20,23,24). The minimum absolute atomic E-state index is 0.0229. The monoisotopic (exact) mass is 348 g/mol. The van der Waals surface area contributed by atoms with E-state index in [2.05, 4.69) is 4.98 Å². The van der Waals surface area contributed by atoms with Crippen molar-refractivity contribution in [3.05, 3.63) is 32.2 Å². The number of nitrogens with one attached hydrogen (secondary N) is 1. The molecule has 7 nitrogen and oxygen atoms in total. The number of fused-ring (bicyclic) bond motifs is 1. The highest BCUT2D eigenvalue weighted by Gasteiger charge is 2.33. The van der Waals surface area contributed by atoms with Gasteiger partial charge in [-0.3, -0.25) is 14.3 Å². The van der Waals surface area contributed by atoms with Crippen molar-refractivity contribution in [1.29, 1.82) is 0 Å². The van der Waals surface area contributed by atoms with Crippen LogP contribution in [0, 0.1) is 12.7 Å². The Morgan fingerprint density at radius 1 is 1.28 bits per heavy atom. The zero-order chi connectivity index (χ0) is 17.9. The Kier molecular flexibility index (Phi) is 3.61. The van der Waals surface area contributed by atoms with Gasteiger partial charge in [0.05, 0.1) is 18.3 Å². The molecular formula is C17H21FN4O3. The van der Waals surface area contributed by atoms with Crippen LogP contribution in [0.3, 0.4) is 0 Å². The van der Waals surface area contributed by atoms with Gasteiger partial charge in [0.1, 0.15) is 5.39 Å². The van der Waals surface area contributed by atoms with Gasteiger partial charge in [0.2, 0.25) is 0 Å². The number of nitrogens with two attached hydrogens (primary N) is 1. The Bertz CT molecular complexity index is 977. The van der Waals surface area contributed by atoms with Crippen LogP contribution in [-0.2, 0) is 0 Å². The molecule has 3 N–H and O–H groups in total. The molecule has 1 saturated carbocycles. The number of hydrogen-bond donors (Lipinski definition) is 2. The van der Waals surface area contributed by atoms with E-state index in [1.165, 1.54) is 7.11 Å². The highest BCUT2D eigenvalue weighted by molar-refractivity contribution is 5.93. The third-order valence-electron chi connectivity index (χ3n) is 5.15. The number of H-pyrrole nitrogens is 1. The van der Waals surface area contributed by atoms with Crippen molar-refractivity contribution in [3.63, 3.8) is 0 Å². The molecule has 8 heteroatoms. The Morgan fingerprint density at radius 2 is 2.00 bits per heavy atom. The highest BCUT2D eigenvalue weighted by atomic mass is 19.1. The van der Waals surface area contributed by atoms with E-state index in [1.54, 1.807) is 11.5 Å². The van der Waals surface area contributed by atoms with Crippen LogP contribution in [0.2, 0.25) is 0 Å². The molecule has 1 aromatic carbocycles. The molecule has 1 saturated heterocycles. The first-order valence-electron chi connectivity index (χ1n) is 8.49. The van der Waals surface area contributed by atoms with Gasteiger partial charge in [0.25, 0.3) is 5.56 Å². The number of halogens is 1. The fourth-order valence-electron chi connectivity index (χ4n) is 3.86. The molecular weight excluding hydrogens is 327 g/mol. The summed E-state index contributed by atoms with van der Waals surface area (Å²) in [6.07, 6.45) is 2.50. The Labute approximate surface area is 143 Å². The molecule has 2 heterocycles. The van der Waals surface area contributed by atoms with Crippen molar-refractivity contribution in [3.8, 4) is 5.75 Å². The zero-order valence-corrected chi connectivity index (χ0v) is 14.3. The first-order valence-corrected chi connectivity index (χ1v) is 8.49. The van der Waals surface area contributed by atoms with Crippen molar-refractivity contribution >= 4 is 16.6 Å². The maximum Gasteiger partial charge on any atom is 0.329 e. The van der Waals surface area contributed by atoms with Crippen LogP contribution in [0.25, 0.3) is 10.9 Å². The van der Waals surface area contributed by atoms with Gasteiger partial charge in [-0.05, 0) is 26.2 Å². The molecule has 134 valence electrons. The smallest absolute Gasteiger partial charge is 0.329 e. The number of hydrogen-bond acceptors (Lipinski definition) is 5. The highest BCUT2D eigenvalue weighted by Crippen LogP contribution is 2.42. The van der Waals surface area contributed by atoms with Gasteiger partial charge >= 0.3 is 5.69 Å². The number of aromatic nitrogens is 2. The van der Waals surface area contributed by atoms with Crippen LogP contribution < -0.4 is 26.6 Å². The van der Waals surface area contributed by atoms with Crippen LogP contribution in [0.1, 0.15) is 30.9 Å². The number of nitrogens with zero attached hydrogens (tertiary/aromatic N) is 2. The van der Waals surface area contributed by atoms with Crippen LogP contribution in [0.15, 0.2) is 9.59 Å². The summed E-state index contributed by atoms with van der Waals surface area (Å²) in [5.41, 5.74) is 6.31. The molecule has 1 aliphatic carbocycles. The lowest BCUT2D eigenvalue weighted by molar-refractivity contribution is 0.391. The van der Waals surface area contributed by atoms with Crippen molar-refractivity contribution in [1.82, 2.24) is 9.55 Å². The number of rotatable bonds is 3. The van der Waals surface area contributed by atoms with E-state index in [0.717, 1.165) is 19.3 Å². The normalized spacial score (nSPS) is 20.5. The van der Waals surface area contributed by atoms with E-state index in [1.807, 2.05) is 4.90 Å². The summed E-state index contributed by atoms with van der Waals surface area (Å²) in [4.78, 5) is 29.0. The van der Waals surface area contributed by atoms with Crippen LogP contribution in [0.5, 0.6) is 5.75 Å². The third-order valence-corrected chi connectivity index (χ3v) is 5.15. The van der Waals surface area contributed by atoms with E-state index < -0.39 is 17.1 Å². The summed E-state index contributed by atoms with van der Waals surface area (Å²) in [5.74, 6) is -0.695. The average molecular weight is 348 g/mol. The largest absolute Gasteiger partial charge is 0.493 e. The molecule has 1 aliphatic heterocycles. The van der Waals surface area contributed by atoms with Gasteiger partial charge in [0.15, 0.2) is 11.6 Å². The zero-order valence-electron chi connectivity index (χ0n) is 14.3. The molecule has 0 bridgehead atoms. The number of anilines is 1. The second kappa shape index (κ2) is 5.59. The number of aryl methyl sites for hydroxylation is 1. The summed E-state index contributed by atoms with van der Waals surface area (Å²) in [5, 5.41) is 0.0937. The lowest BCUT2D eigenvalue weighted by atomic mass is 10.1. The van der Waals surface area contributed by atoms with Gasteiger partial charge in [-0.2, -0.15) is 0 Å². The molecule has 1 atom stereocenters. The summed E-state index contributed by atoms with van der Waals surface area (Å²) in [6, 6.07) is 0.0136. The predicted molar refractivity (Wildman–Crippen MR) is 93.2 cm³/mol. The number of ether oxygens (including phenoxy) is 1. The van der Waals surface area contributed by atoms with Crippen molar-refractivity contribution in [2.24, 2.45) is 5.73 Å². The fourth-order valence-corrected chi connectivity index (χ4v) is 3.86. The van der Waals surface area contributed by atoms with Gasteiger partial charge in [-0.25, -0.2) is 9.18 Å². The van der Waals surface area contributed by atoms with Crippen molar-refractivity contribution < 1.29 is 9.13 Å². The molecule has 4 rings (SSSR count). The minimum atomic E-state index is -0.625. The molecule has 0 spiro atoms. The number of benzene rings is 1. The second-order valence-electron chi connectivity index (χ2n) is 6.90. The molecule has 2 fully saturated rings. The lowest BCUT2D eigenvalue weighted by Gasteiger charge is -2.25. The van der Waals surface area contributed by atoms with Gasteiger partial charge < -0.3 is 15.4 Å². The summed E-state index contributed by atoms with van der Waals surface area (Å²) >= 11 is 0. The van der Waals surface area contributed by atoms with E-state index in [4.69, 9.17) is 10.5 Å². The molecule has 25 heavy (non-hydrogen) atoms. The quantitative estimate of drug-likeness (QED) is 0.864. The summed E-state index contributed by atoms with van der Waals surface area (Å²) in [6.45, 7) is 2.91. The SMILES string of the molecule is COc1c(F)c(N2CCC(N)C2)c(C)c2c1c(=O)[nH]c(=O)n2C1CC1. The molecule has 2 aromatic rings. The first kappa shape index (κ1) is 16.1. The molecule has 2 aliphatic rings. The average Bonchev–Trinajstić information content (AvgIpc) is 3.30. The summed E-state index contributed by atoms with van der Waals surface area (Å²) < 4.78 is 22.0. The predicted octanol–water partition coefficient (Wildman–Crippen LogP) is 1.02. The molecule has 0 amide bonds. The molecule has 1 aromatic heterocycles. The van der Waals surface area contributed by atoms with Crippen LogP contribution >= 0.6 is 0 Å². The van der Waals surface area contributed by atoms with E-state index in [9.17, 15) is 9.59 Å². The maximum absolute atomic E-state index is 15.2. The van der Waals surface area contributed by atoms with E-state index in [0.29, 0.717) is 29.9 Å². The second-order valence-corrected chi connectivity index (χ2v) is 6.90. The Hall–Kier alpha value is -2.35. The fraction of sp³-hybridized carbons (Fsp3) is 0.529. The van der Waals surface area contributed by atoms with Crippen LogP contribution in [-0.4, -0.2) is 35.8 Å². The van der Waals surface area contributed by atoms with Crippen LogP contribution in [0.4, 0.5) is 10.1 Å². The van der Waals surface area contributed by atoms with Crippen molar-refractivity contribution in [2.75, 3.05) is 25.1 Å². The lowest BCUT2D eigenvalue weighted by Crippen LogP contribution is -2.32. The Balaban J connectivity index is 2.13. The maximum atomic E-state index is 15.2. The first-order chi connectivity index (χ1) is 11.9. The Morgan fingerprint density at radius 3 is 2.56 bits per heavy atom. The van der Waals surface area contributed by atoms with Gasteiger partial charge in [0, 0.05) is 30.7 Å². The van der Waals surface area contributed by atoms with Gasteiger partial charge in [-0.15, -0.1) is 0 Å².